The zero-order valence-electron chi connectivity index (χ0n) is 9.69. The van der Waals surface area contributed by atoms with E-state index in [1.165, 1.54) is 12.3 Å². The van der Waals surface area contributed by atoms with Crippen LogP contribution in [0.15, 0.2) is 34.9 Å². The van der Waals surface area contributed by atoms with Crippen LogP contribution in [0.4, 0.5) is 0 Å². The van der Waals surface area contributed by atoms with E-state index in [-0.39, 0.29) is 17.4 Å². The van der Waals surface area contributed by atoms with E-state index in [0.717, 1.165) is 0 Å². The Kier molecular flexibility index (Phi) is 1.14. The lowest BCUT2D eigenvalue weighted by Crippen LogP contribution is -1.73. The van der Waals surface area contributed by atoms with Gasteiger partial charge in [0.05, 0.1) is 11.8 Å². The fourth-order valence-electron chi connectivity index (χ4n) is 1.08. The number of hydrogen-bond donors (Lipinski definition) is 1. The lowest BCUT2D eigenvalue weighted by Gasteiger charge is -1.98. The van der Waals surface area contributed by atoms with Crippen molar-refractivity contribution >= 4 is 0 Å². The molecule has 3 nitrogen and oxygen atoms in total. The molecule has 0 fully saturated rings. The SMILES string of the molecule is [2H]C([2H])([2H])c1ncc(-c2ccccc2O)o1. The van der Waals surface area contributed by atoms with E-state index in [1.807, 2.05) is 0 Å². The van der Waals surface area contributed by atoms with Crippen LogP contribution in [0.25, 0.3) is 11.3 Å². The number of aryl methyl sites for hydroxylation is 1. The molecule has 0 bridgehead atoms. The third-order valence-electron chi connectivity index (χ3n) is 1.68. The first-order valence-electron chi connectivity index (χ1n) is 5.23. The molecule has 0 atom stereocenters. The van der Waals surface area contributed by atoms with E-state index in [0.29, 0.717) is 5.56 Å². The largest absolute Gasteiger partial charge is 0.507 e. The summed E-state index contributed by atoms with van der Waals surface area (Å²) in [5, 5.41) is 9.55. The van der Waals surface area contributed by atoms with Crippen molar-refractivity contribution in [1.29, 1.82) is 0 Å². The summed E-state index contributed by atoms with van der Waals surface area (Å²) < 4.78 is 26.4. The number of phenolic OH excluding ortho intramolecular Hbond substituents is 1. The second-order valence-corrected chi connectivity index (χ2v) is 2.55. The summed E-state index contributed by atoms with van der Waals surface area (Å²) in [5.41, 5.74) is 0.422. The summed E-state index contributed by atoms with van der Waals surface area (Å²) in [4.78, 5) is 3.66. The van der Waals surface area contributed by atoms with Crippen molar-refractivity contribution in [1.82, 2.24) is 4.98 Å². The maximum absolute atomic E-state index is 9.55. The van der Waals surface area contributed by atoms with Crippen molar-refractivity contribution in [3.63, 3.8) is 0 Å². The first-order chi connectivity index (χ1) is 7.48. The number of hydrogen-bond acceptors (Lipinski definition) is 3. The van der Waals surface area contributed by atoms with Crippen LogP contribution in [0.1, 0.15) is 10.0 Å². The molecule has 3 heteroatoms. The number of para-hydroxylation sites is 1. The summed E-state index contributed by atoms with van der Waals surface area (Å²) >= 11 is 0. The van der Waals surface area contributed by atoms with Gasteiger partial charge >= 0.3 is 0 Å². The maximum Gasteiger partial charge on any atom is 0.191 e. The minimum Gasteiger partial charge on any atom is -0.507 e. The van der Waals surface area contributed by atoms with Gasteiger partial charge in [-0.05, 0) is 12.1 Å². The van der Waals surface area contributed by atoms with E-state index in [1.54, 1.807) is 18.2 Å². The lowest BCUT2D eigenvalue weighted by molar-refractivity contribution is 0.471. The highest BCUT2D eigenvalue weighted by Crippen LogP contribution is 2.28. The van der Waals surface area contributed by atoms with Gasteiger partial charge in [-0.1, -0.05) is 12.1 Å². The molecule has 1 aromatic heterocycles. The highest BCUT2D eigenvalue weighted by atomic mass is 16.4. The fraction of sp³-hybridized carbons (Fsp3) is 0.100. The van der Waals surface area contributed by atoms with Crippen molar-refractivity contribution in [3.8, 4) is 17.1 Å². The number of nitrogens with zero attached hydrogens (tertiary/aromatic N) is 1. The highest BCUT2D eigenvalue weighted by molar-refractivity contribution is 5.64. The molecule has 2 rings (SSSR count). The Hall–Kier alpha value is -1.77. The molecule has 13 heavy (non-hydrogen) atoms. The summed E-state index contributed by atoms with van der Waals surface area (Å²) in [7, 11) is 0. The van der Waals surface area contributed by atoms with Crippen molar-refractivity contribution in [2.75, 3.05) is 0 Å². The van der Waals surface area contributed by atoms with E-state index < -0.39 is 6.85 Å². The molecule has 0 spiro atoms. The van der Waals surface area contributed by atoms with Crippen LogP contribution in [0, 0.1) is 6.85 Å². The van der Waals surface area contributed by atoms with Crippen LogP contribution in [0.2, 0.25) is 0 Å². The first-order valence-corrected chi connectivity index (χ1v) is 3.73. The molecule has 0 aliphatic rings. The zero-order valence-corrected chi connectivity index (χ0v) is 6.69. The Morgan fingerprint density at radius 3 is 3.00 bits per heavy atom. The molecule has 66 valence electrons. The van der Waals surface area contributed by atoms with Gasteiger partial charge in [0, 0.05) is 11.0 Å². The summed E-state index contributed by atoms with van der Waals surface area (Å²) in [6, 6.07) is 6.50. The highest BCUT2D eigenvalue weighted by Gasteiger charge is 2.06. The third-order valence-corrected chi connectivity index (χ3v) is 1.68. The molecule has 0 unspecified atom stereocenters. The van der Waals surface area contributed by atoms with Crippen LogP contribution >= 0.6 is 0 Å². The molecule has 2 aromatic rings. The smallest absolute Gasteiger partial charge is 0.191 e. The van der Waals surface area contributed by atoms with Gasteiger partial charge in [0.15, 0.2) is 11.7 Å². The van der Waals surface area contributed by atoms with Crippen LogP contribution < -0.4 is 0 Å². The molecule has 0 saturated heterocycles. The zero-order chi connectivity index (χ0) is 11.8. The number of benzene rings is 1. The predicted molar refractivity (Wildman–Crippen MR) is 48.3 cm³/mol. The van der Waals surface area contributed by atoms with Gasteiger partial charge in [0.2, 0.25) is 0 Å². The Morgan fingerprint density at radius 1 is 1.46 bits per heavy atom. The Morgan fingerprint density at radius 2 is 2.31 bits per heavy atom. The second-order valence-electron chi connectivity index (χ2n) is 2.55. The summed E-state index contributed by atoms with van der Waals surface area (Å²) in [6.45, 7) is -2.37. The van der Waals surface area contributed by atoms with Crippen LogP contribution in [-0.4, -0.2) is 10.1 Å². The Balaban J connectivity index is 2.44. The standard InChI is InChI=1S/C10H9NO2/c1-7-11-6-10(13-7)8-4-2-3-5-9(8)12/h2-6,12H,1H3/i1D3. The Labute approximate surface area is 79.9 Å². The average molecular weight is 178 g/mol. The number of aromatic nitrogens is 1. The van der Waals surface area contributed by atoms with Crippen molar-refractivity contribution in [2.45, 2.75) is 6.85 Å². The molecule has 0 aliphatic carbocycles. The van der Waals surface area contributed by atoms with Gasteiger partial charge in [-0.25, -0.2) is 4.98 Å². The van der Waals surface area contributed by atoms with Crippen LogP contribution in [0.3, 0.4) is 0 Å². The fourth-order valence-corrected chi connectivity index (χ4v) is 1.08. The summed E-state index contributed by atoms with van der Waals surface area (Å²) in [6.07, 6.45) is 1.29. The molecule has 1 N–H and O–H groups in total. The minimum absolute atomic E-state index is 0.0238. The molecule has 0 saturated carbocycles. The van der Waals surface area contributed by atoms with Crippen LogP contribution in [-0.2, 0) is 0 Å². The average Bonchev–Trinajstić information content (AvgIpc) is 2.66. The topological polar surface area (TPSA) is 46.3 Å². The molecule has 1 aromatic carbocycles. The van der Waals surface area contributed by atoms with Gasteiger partial charge in [-0.3, -0.25) is 0 Å². The maximum atomic E-state index is 9.55. The second kappa shape index (κ2) is 2.94. The number of oxazole rings is 1. The van der Waals surface area contributed by atoms with E-state index in [9.17, 15) is 5.11 Å². The molecule has 0 amide bonds. The Bertz CT molecular complexity index is 505. The van der Waals surface area contributed by atoms with E-state index >= 15 is 0 Å². The van der Waals surface area contributed by atoms with Gasteiger partial charge in [0.25, 0.3) is 0 Å². The first kappa shape index (κ1) is 5.07. The van der Waals surface area contributed by atoms with Gasteiger partial charge < -0.3 is 9.52 Å². The quantitative estimate of drug-likeness (QED) is 0.729. The van der Waals surface area contributed by atoms with E-state index in [2.05, 4.69) is 4.98 Å². The van der Waals surface area contributed by atoms with Crippen LogP contribution in [0.5, 0.6) is 5.75 Å². The van der Waals surface area contributed by atoms with Crippen molar-refractivity contribution < 1.29 is 13.6 Å². The monoisotopic (exact) mass is 178 g/mol. The van der Waals surface area contributed by atoms with Crippen molar-refractivity contribution in [2.24, 2.45) is 0 Å². The van der Waals surface area contributed by atoms with Gasteiger partial charge in [-0.15, -0.1) is 0 Å². The number of aromatic hydroxyl groups is 1. The third kappa shape index (κ3) is 1.40. The molecule has 0 radical (unpaired) electrons. The van der Waals surface area contributed by atoms with Gasteiger partial charge in [-0.2, -0.15) is 0 Å². The van der Waals surface area contributed by atoms with Crippen molar-refractivity contribution in [3.05, 3.63) is 36.4 Å². The normalized spacial score (nSPS) is 14.6. The molecular weight excluding hydrogens is 166 g/mol. The predicted octanol–water partition coefficient (Wildman–Crippen LogP) is 2.36. The number of phenols is 1. The summed E-state index contributed by atoms with van der Waals surface area (Å²) in [5.74, 6) is -0.0641. The van der Waals surface area contributed by atoms with E-state index in [4.69, 9.17) is 8.53 Å². The van der Waals surface area contributed by atoms with Gasteiger partial charge in [0.1, 0.15) is 5.75 Å². The lowest BCUT2D eigenvalue weighted by atomic mass is 10.2. The number of rotatable bonds is 1. The molecular formula is C10H9NO2. The molecule has 1 heterocycles. The minimum atomic E-state index is -2.37. The molecule has 0 aliphatic heterocycles.